The Bertz CT molecular complexity index is 1830. The normalized spacial score (nSPS) is 16.0. The Labute approximate surface area is 273 Å². The van der Waals surface area contributed by atoms with E-state index in [4.69, 9.17) is 9.47 Å². The first-order valence-electron chi connectivity index (χ1n) is 15.3. The number of ether oxygens (including phenoxy) is 2. The Morgan fingerprint density at radius 1 is 0.872 bits per heavy atom. The summed E-state index contributed by atoms with van der Waals surface area (Å²) in [6.07, 6.45) is 1.65. The number of rotatable bonds is 9. The molecule has 11 heteroatoms. The first kappa shape index (κ1) is 31.3. The molecule has 3 N–H and O–H groups in total. The van der Waals surface area contributed by atoms with E-state index in [1.54, 1.807) is 74.0 Å². The zero-order valence-corrected chi connectivity index (χ0v) is 26.4. The van der Waals surface area contributed by atoms with E-state index < -0.39 is 11.9 Å². The lowest BCUT2D eigenvalue weighted by molar-refractivity contribution is -0.115. The Hall–Kier alpha value is -5.68. The Morgan fingerprint density at radius 3 is 2.38 bits per heavy atom. The molecule has 0 spiro atoms. The van der Waals surface area contributed by atoms with Gasteiger partial charge >= 0.3 is 6.03 Å². The monoisotopic (exact) mass is 632 g/mol. The van der Waals surface area contributed by atoms with Crippen LogP contribution in [-0.4, -0.2) is 76.3 Å². The van der Waals surface area contributed by atoms with Gasteiger partial charge in [-0.05, 0) is 67.2 Å². The van der Waals surface area contributed by atoms with Crippen LogP contribution < -0.4 is 30.3 Å². The van der Waals surface area contributed by atoms with Crippen molar-refractivity contribution in [2.24, 2.45) is 4.99 Å². The summed E-state index contributed by atoms with van der Waals surface area (Å²) in [6, 6.07) is 24.4. The fourth-order valence-electron chi connectivity index (χ4n) is 5.64. The van der Waals surface area contributed by atoms with Crippen LogP contribution in [0.3, 0.4) is 0 Å². The van der Waals surface area contributed by atoms with Crippen molar-refractivity contribution in [2.45, 2.75) is 5.92 Å². The second-order valence-electron chi connectivity index (χ2n) is 11.4. The fraction of sp³-hybridized carbons (Fsp3) is 0.222. The van der Waals surface area contributed by atoms with Gasteiger partial charge in [0.25, 0.3) is 0 Å². The van der Waals surface area contributed by atoms with Crippen LogP contribution in [-0.2, 0) is 4.79 Å². The van der Waals surface area contributed by atoms with Crippen LogP contribution in [0.5, 0.6) is 11.5 Å². The number of amides is 3. The molecule has 240 valence electrons. The number of aliphatic imine (C=N–C) groups is 1. The van der Waals surface area contributed by atoms with E-state index in [2.05, 4.69) is 49.9 Å². The number of piperazine rings is 1. The molecular weight excluding hydrogens is 596 g/mol. The number of nitrogens with zero attached hydrogens (tertiary/aromatic N) is 3. The number of anilines is 4. The van der Waals surface area contributed by atoms with Crippen LogP contribution in [0.4, 0.5) is 33.2 Å². The number of carbonyl (C=O) groups excluding carboxylic acids is 3. The molecule has 4 aromatic carbocycles. The van der Waals surface area contributed by atoms with Gasteiger partial charge in [0.15, 0.2) is 5.78 Å². The summed E-state index contributed by atoms with van der Waals surface area (Å²) in [4.78, 5) is 48.3. The van der Waals surface area contributed by atoms with Gasteiger partial charge in [-0.2, -0.15) is 0 Å². The summed E-state index contributed by atoms with van der Waals surface area (Å²) >= 11 is 0. The minimum atomic E-state index is -0.568. The molecule has 0 aromatic heterocycles. The maximum Gasteiger partial charge on any atom is 0.323 e. The number of nitrogens with one attached hydrogen (secondary N) is 3. The lowest BCUT2D eigenvalue weighted by atomic mass is 9.97. The molecule has 2 aliphatic heterocycles. The molecule has 1 fully saturated rings. The van der Waals surface area contributed by atoms with E-state index in [0.717, 1.165) is 43.1 Å². The summed E-state index contributed by atoms with van der Waals surface area (Å²) in [5.41, 5.74) is 4.94. The van der Waals surface area contributed by atoms with Crippen LogP contribution in [0.2, 0.25) is 0 Å². The Kier molecular flexibility index (Phi) is 9.16. The van der Waals surface area contributed by atoms with Gasteiger partial charge in [-0.3, -0.25) is 14.6 Å². The van der Waals surface area contributed by atoms with E-state index in [9.17, 15) is 14.4 Å². The average molecular weight is 633 g/mol. The Morgan fingerprint density at radius 2 is 1.64 bits per heavy atom. The highest BCUT2D eigenvalue weighted by Crippen LogP contribution is 2.34. The van der Waals surface area contributed by atoms with Gasteiger partial charge < -0.3 is 35.2 Å². The van der Waals surface area contributed by atoms with Gasteiger partial charge in [0.05, 0.1) is 25.6 Å². The Balaban J connectivity index is 1.10. The average Bonchev–Trinajstić information content (AvgIpc) is 3.41. The standard InChI is InChI=1S/C36H36N6O5/c1-41-15-17-42(18-16-41)27-10-8-25(9-11-27)37-22-30-29-13-7-24(20-32(29)39-35(30)44)34(43)23-5-4-6-26(19-23)38-36(45)40-31-14-12-28(46-2)21-33(31)47-3/h4-14,19-22,30H,15-18H2,1-3H3,(H,39,44)(H2,38,40,45). The van der Waals surface area contributed by atoms with Crippen LogP contribution >= 0.6 is 0 Å². The van der Waals surface area contributed by atoms with Crippen molar-refractivity contribution < 1.29 is 23.9 Å². The number of fused-ring (bicyclic) bond motifs is 1. The number of hydrogen-bond acceptors (Lipinski definition) is 8. The third kappa shape index (κ3) is 7.10. The molecule has 11 nitrogen and oxygen atoms in total. The number of hydrogen-bond donors (Lipinski definition) is 3. The molecule has 3 amide bonds. The van der Waals surface area contributed by atoms with Gasteiger partial charge in [-0.25, -0.2) is 4.79 Å². The van der Waals surface area contributed by atoms with Gasteiger partial charge in [0.1, 0.15) is 17.4 Å². The SMILES string of the molecule is COc1ccc(NC(=O)Nc2cccc(C(=O)c3ccc4c(c3)NC(=O)C4C=Nc3ccc(N4CCN(C)CC4)cc3)c2)c(OC)c1. The van der Waals surface area contributed by atoms with E-state index >= 15 is 0 Å². The lowest BCUT2D eigenvalue weighted by Gasteiger charge is -2.34. The highest BCUT2D eigenvalue weighted by molar-refractivity contribution is 6.15. The van der Waals surface area contributed by atoms with Crippen LogP contribution in [0.1, 0.15) is 27.4 Å². The smallest absolute Gasteiger partial charge is 0.323 e. The van der Waals surface area contributed by atoms with Crippen molar-refractivity contribution >= 4 is 52.4 Å². The molecule has 47 heavy (non-hydrogen) atoms. The third-order valence-corrected chi connectivity index (χ3v) is 8.32. The van der Waals surface area contributed by atoms with Gasteiger partial charge in [0.2, 0.25) is 5.91 Å². The van der Waals surface area contributed by atoms with Gasteiger partial charge in [-0.15, -0.1) is 0 Å². The number of urea groups is 1. The van der Waals surface area contributed by atoms with Gasteiger partial charge in [-0.1, -0.05) is 24.3 Å². The van der Waals surface area contributed by atoms with E-state index in [-0.39, 0.29) is 11.7 Å². The molecule has 0 radical (unpaired) electrons. The predicted octanol–water partition coefficient (Wildman–Crippen LogP) is 5.77. The molecule has 2 heterocycles. The predicted molar refractivity (Wildman–Crippen MR) is 184 cm³/mol. The first-order chi connectivity index (χ1) is 22.8. The molecule has 1 saturated heterocycles. The van der Waals surface area contributed by atoms with Crippen molar-refractivity contribution in [2.75, 3.05) is 68.3 Å². The zero-order valence-electron chi connectivity index (χ0n) is 26.4. The summed E-state index contributed by atoms with van der Waals surface area (Å²) in [7, 11) is 5.18. The molecule has 4 aromatic rings. The second kappa shape index (κ2) is 13.8. The minimum Gasteiger partial charge on any atom is -0.497 e. The van der Waals surface area contributed by atoms with E-state index in [1.807, 2.05) is 12.1 Å². The third-order valence-electron chi connectivity index (χ3n) is 8.32. The summed E-state index contributed by atoms with van der Waals surface area (Å²) in [5.74, 6) is 0.0163. The maximum atomic E-state index is 13.4. The second-order valence-corrected chi connectivity index (χ2v) is 11.4. The number of carbonyl (C=O) groups is 3. The highest BCUT2D eigenvalue weighted by atomic mass is 16.5. The molecule has 1 atom stereocenters. The first-order valence-corrected chi connectivity index (χ1v) is 15.3. The molecule has 1 unspecified atom stereocenters. The van der Waals surface area contributed by atoms with Crippen molar-refractivity contribution in [3.8, 4) is 11.5 Å². The molecule has 6 rings (SSSR count). The largest absolute Gasteiger partial charge is 0.497 e. The number of likely N-dealkylation sites (N-methyl/N-ethyl adjacent to an activating group) is 1. The van der Waals surface area contributed by atoms with E-state index in [1.165, 1.54) is 7.11 Å². The van der Waals surface area contributed by atoms with Crippen molar-refractivity contribution in [3.05, 3.63) is 102 Å². The van der Waals surface area contributed by atoms with Crippen LogP contribution in [0.15, 0.2) is 89.9 Å². The molecule has 2 aliphatic rings. The summed E-state index contributed by atoms with van der Waals surface area (Å²) in [6.45, 7) is 4.05. The van der Waals surface area contributed by atoms with E-state index in [0.29, 0.717) is 39.7 Å². The summed E-state index contributed by atoms with van der Waals surface area (Å²) in [5, 5.41) is 8.39. The van der Waals surface area contributed by atoms with Crippen molar-refractivity contribution in [1.82, 2.24) is 4.90 Å². The lowest BCUT2D eigenvalue weighted by Crippen LogP contribution is -2.44. The maximum absolute atomic E-state index is 13.4. The molecule has 0 bridgehead atoms. The molecule has 0 aliphatic carbocycles. The highest BCUT2D eigenvalue weighted by Gasteiger charge is 2.30. The fourth-order valence-corrected chi connectivity index (χ4v) is 5.64. The van der Waals surface area contributed by atoms with Crippen molar-refractivity contribution in [3.63, 3.8) is 0 Å². The van der Waals surface area contributed by atoms with Crippen LogP contribution in [0.25, 0.3) is 0 Å². The molecular formula is C36H36N6O5. The van der Waals surface area contributed by atoms with Crippen LogP contribution in [0, 0.1) is 0 Å². The molecule has 0 saturated carbocycles. The van der Waals surface area contributed by atoms with Crippen molar-refractivity contribution in [1.29, 1.82) is 0 Å². The summed E-state index contributed by atoms with van der Waals surface area (Å²) < 4.78 is 10.5. The minimum absolute atomic E-state index is 0.201. The quantitative estimate of drug-likeness (QED) is 0.158. The number of benzene rings is 4. The zero-order chi connectivity index (χ0) is 32.9. The number of methoxy groups -OCH3 is 2. The number of ketones is 1. The van der Waals surface area contributed by atoms with Gasteiger partial charge in [0, 0.05) is 66.6 Å². The topological polar surface area (TPSA) is 125 Å².